The zero-order valence-electron chi connectivity index (χ0n) is 19.7. The van der Waals surface area contributed by atoms with Gasteiger partial charge in [0.1, 0.15) is 11.8 Å². The van der Waals surface area contributed by atoms with Gasteiger partial charge in [-0.3, -0.25) is 9.59 Å². The lowest BCUT2D eigenvalue weighted by Gasteiger charge is -2.36. The molecule has 3 aromatic rings. The average Bonchev–Trinajstić information content (AvgIpc) is 3.24. The summed E-state index contributed by atoms with van der Waals surface area (Å²) in [5.74, 6) is -1.06. The van der Waals surface area contributed by atoms with E-state index in [9.17, 15) is 14.9 Å². The van der Waals surface area contributed by atoms with Crippen molar-refractivity contribution in [2.75, 3.05) is 19.1 Å². The summed E-state index contributed by atoms with van der Waals surface area (Å²) >= 11 is 3.48. The number of carbonyl (C=O) groups is 2. The van der Waals surface area contributed by atoms with E-state index in [0.29, 0.717) is 15.8 Å². The summed E-state index contributed by atoms with van der Waals surface area (Å²) in [4.78, 5) is 29.8. The summed E-state index contributed by atoms with van der Waals surface area (Å²) in [6.45, 7) is 0. The highest BCUT2D eigenvalue weighted by Crippen LogP contribution is 2.56. The van der Waals surface area contributed by atoms with Crippen LogP contribution in [0.25, 0.3) is 6.08 Å². The Morgan fingerprint density at radius 1 is 1.03 bits per heavy atom. The van der Waals surface area contributed by atoms with Gasteiger partial charge in [-0.25, -0.2) is 0 Å². The highest BCUT2D eigenvalue weighted by Gasteiger charge is 2.67. The number of ketones is 1. The molecule has 1 fully saturated rings. The third-order valence-electron chi connectivity index (χ3n) is 7.12. The first-order valence-electron chi connectivity index (χ1n) is 11.5. The van der Waals surface area contributed by atoms with Gasteiger partial charge < -0.3 is 14.4 Å². The topological polar surface area (TPSA) is 79.6 Å². The first-order valence-corrected chi connectivity index (χ1v) is 12.2. The molecule has 5 rings (SSSR count). The third-order valence-corrected chi connectivity index (χ3v) is 7.74. The number of fused-ring (bicyclic) bond motifs is 3. The number of hydrogen-bond acceptors (Lipinski definition) is 6. The van der Waals surface area contributed by atoms with E-state index in [1.165, 1.54) is 7.11 Å². The SMILES string of the molecule is COC(=O)[C@]1(C#N)[C@H](c2ccccc2)[C@@H](C(=O)c2ccc(OC)c(Br)c2)N2c3ccccc3C=C[C@H]21. The standard InChI is InChI=1S/C29H23BrN2O4/c1-35-23-14-12-20(16-21(23)30)27(33)26-25(19-9-4-3-5-10-19)29(17-31,28(34)36-2)24-15-13-18-8-6-7-11-22(18)32(24)26/h3-16,24-26H,1-2H3/t24-,25+,26-,29-/m0/s1. The number of nitrogens with zero attached hydrogens (tertiary/aromatic N) is 2. The molecule has 4 atom stereocenters. The molecule has 180 valence electrons. The van der Waals surface area contributed by atoms with Crippen molar-refractivity contribution in [2.24, 2.45) is 5.41 Å². The highest BCUT2D eigenvalue weighted by molar-refractivity contribution is 9.10. The number of nitriles is 1. The Balaban J connectivity index is 1.79. The van der Waals surface area contributed by atoms with Gasteiger partial charge >= 0.3 is 5.97 Å². The second-order valence-electron chi connectivity index (χ2n) is 8.79. The van der Waals surface area contributed by atoms with Crippen LogP contribution >= 0.6 is 15.9 Å². The van der Waals surface area contributed by atoms with Crippen molar-refractivity contribution in [3.8, 4) is 11.8 Å². The number of methoxy groups -OCH3 is 2. The lowest BCUT2D eigenvalue weighted by atomic mass is 9.68. The van der Waals surface area contributed by atoms with Gasteiger partial charge in [-0.15, -0.1) is 0 Å². The Bertz CT molecular complexity index is 1410. The van der Waals surface area contributed by atoms with E-state index in [2.05, 4.69) is 22.0 Å². The normalized spacial score (nSPS) is 23.8. The van der Waals surface area contributed by atoms with Crippen molar-refractivity contribution in [1.82, 2.24) is 0 Å². The smallest absolute Gasteiger partial charge is 0.329 e. The first kappa shape index (κ1) is 23.8. The molecule has 2 aliphatic rings. The Hall–Kier alpha value is -3.89. The van der Waals surface area contributed by atoms with Crippen molar-refractivity contribution < 1.29 is 19.1 Å². The highest BCUT2D eigenvalue weighted by atomic mass is 79.9. The number of hydrogen-bond donors (Lipinski definition) is 0. The maximum absolute atomic E-state index is 14.4. The fourth-order valence-electron chi connectivity index (χ4n) is 5.56. The summed E-state index contributed by atoms with van der Waals surface area (Å²) < 4.78 is 11.2. The summed E-state index contributed by atoms with van der Waals surface area (Å²) in [5, 5.41) is 10.7. The van der Waals surface area contributed by atoms with E-state index in [4.69, 9.17) is 9.47 Å². The van der Waals surface area contributed by atoms with E-state index >= 15 is 0 Å². The van der Waals surface area contributed by atoms with Crippen LogP contribution in [0.3, 0.4) is 0 Å². The second-order valence-corrected chi connectivity index (χ2v) is 9.64. The molecule has 7 heteroatoms. The second kappa shape index (κ2) is 9.29. The van der Waals surface area contributed by atoms with Gasteiger partial charge in [0, 0.05) is 17.2 Å². The van der Waals surface area contributed by atoms with Crippen LogP contribution in [0.15, 0.2) is 83.3 Å². The van der Waals surface area contributed by atoms with Gasteiger partial charge in [-0.05, 0) is 51.3 Å². The molecule has 0 unspecified atom stereocenters. The van der Waals surface area contributed by atoms with Crippen molar-refractivity contribution >= 4 is 39.4 Å². The molecule has 0 spiro atoms. The summed E-state index contributed by atoms with van der Waals surface area (Å²) in [6.07, 6.45) is 3.75. The van der Waals surface area contributed by atoms with E-state index in [1.807, 2.05) is 71.6 Å². The Kier molecular flexibility index (Phi) is 6.15. The molecule has 0 N–H and O–H groups in total. The van der Waals surface area contributed by atoms with Crippen LogP contribution in [0.4, 0.5) is 5.69 Å². The van der Waals surface area contributed by atoms with E-state index in [0.717, 1.165) is 16.8 Å². The minimum absolute atomic E-state index is 0.205. The Morgan fingerprint density at radius 3 is 2.42 bits per heavy atom. The van der Waals surface area contributed by atoms with Crippen LogP contribution in [-0.4, -0.2) is 38.1 Å². The zero-order chi connectivity index (χ0) is 25.4. The summed E-state index contributed by atoms with van der Waals surface area (Å²) in [6, 6.07) is 22.9. The van der Waals surface area contributed by atoms with E-state index in [-0.39, 0.29) is 5.78 Å². The molecule has 0 aromatic heterocycles. The minimum Gasteiger partial charge on any atom is -0.496 e. The third kappa shape index (κ3) is 3.44. The van der Waals surface area contributed by atoms with E-state index < -0.39 is 29.4 Å². The van der Waals surface area contributed by atoms with Crippen molar-refractivity contribution in [3.05, 3.63) is 100 Å². The molecule has 1 saturated heterocycles. The van der Waals surface area contributed by atoms with Crippen LogP contribution in [0.5, 0.6) is 5.75 Å². The summed E-state index contributed by atoms with van der Waals surface area (Å²) in [5.41, 5.74) is 1.21. The number of rotatable bonds is 5. The molecule has 0 aliphatic carbocycles. The van der Waals surface area contributed by atoms with Gasteiger partial charge in [0.15, 0.2) is 11.2 Å². The number of esters is 1. The molecule has 0 radical (unpaired) electrons. The number of anilines is 1. The quantitative estimate of drug-likeness (QED) is 0.317. The Morgan fingerprint density at radius 2 is 1.75 bits per heavy atom. The van der Waals surface area contributed by atoms with Crippen molar-refractivity contribution in [1.29, 1.82) is 5.26 Å². The fraction of sp³-hybridized carbons (Fsp3) is 0.207. The van der Waals surface area contributed by atoms with Crippen molar-refractivity contribution in [3.63, 3.8) is 0 Å². The minimum atomic E-state index is -1.65. The molecule has 0 amide bonds. The lowest BCUT2D eigenvalue weighted by molar-refractivity contribution is -0.150. The number of carbonyl (C=O) groups excluding carboxylic acids is 2. The number of para-hydroxylation sites is 1. The lowest BCUT2D eigenvalue weighted by Crippen LogP contribution is -2.46. The maximum Gasteiger partial charge on any atom is 0.329 e. The largest absolute Gasteiger partial charge is 0.496 e. The van der Waals surface area contributed by atoms with Crippen LogP contribution in [-0.2, 0) is 9.53 Å². The van der Waals surface area contributed by atoms with Gasteiger partial charge in [0.2, 0.25) is 0 Å². The van der Waals surface area contributed by atoms with Gasteiger partial charge in [0.05, 0.1) is 30.8 Å². The molecule has 2 aliphatic heterocycles. The fourth-order valence-corrected chi connectivity index (χ4v) is 6.10. The predicted octanol–water partition coefficient (Wildman–Crippen LogP) is 5.39. The molecule has 36 heavy (non-hydrogen) atoms. The molecule has 3 aromatic carbocycles. The average molecular weight is 543 g/mol. The van der Waals surface area contributed by atoms with Crippen LogP contribution in [0.1, 0.15) is 27.4 Å². The molecule has 2 heterocycles. The predicted molar refractivity (Wildman–Crippen MR) is 140 cm³/mol. The van der Waals surface area contributed by atoms with Gasteiger partial charge in [-0.2, -0.15) is 5.26 Å². The maximum atomic E-state index is 14.4. The zero-order valence-corrected chi connectivity index (χ0v) is 21.3. The molecular formula is C29H23BrN2O4. The number of ether oxygens (including phenoxy) is 2. The van der Waals surface area contributed by atoms with Crippen LogP contribution < -0.4 is 9.64 Å². The summed E-state index contributed by atoms with van der Waals surface area (Å²) in [7, 11) is 2.84. The molecule has 6 nitrogen and oxygen atoms in total. The Labute approximate surface area is 217 Å². The van der Waals surface area contributed by atoms with Gasteiger partial charge in [-0.1, -0.05) is 60.7 Å². The molecule has 0 saturated carbocycles. The number of benzene rings is 3. The first-order chi connectivity index (χ1) is 17.5. The van der Waals surface area contributed by atoms with Crippen LogP contribution in [0.2, 0.25) is 0 Å². The van der Waals surface area contributed by atoms with E-state index in [1.54, 1.807) is 25.3 Å². The monoisotopic (exact) mass is 542 g/mol. The van der Waals surface area contributed by atoms with Gasteiger partial charge in [0.25, 0.3) is 0 Å². The molecular weight excluding hydrogens is 520 g/mol. The molecule has 0 bridgehead atoms. The van der Waals surface area contributed by atoms with Crippen LogP contribution in [0, 0.1) is 16.7 Å². The number of halogens is 1. The van der Waals surface area contributed by atoms with Crippen molar-refractivity contribution in [2.45, 2.75) is 18.0 Å². The number of Topliss-reactive ketones (excluding diaryl/α,β-unsaturated/α-hetero) is 1.